The van der Waals surface area contributed by atoms with Crippen molar-refractivity contribution in [2.75, 3.05) is 6.54 Å². The first-order valence-electron chi connectivity index (χ1n) is 4.64. The normalized spacial score (nSPS) is 13.4. The van der Waals surface area contributed by atoms with Gasteiger partial charge in [-0.1, -0.05) is 18.2 Å². The second-order valence-corrected chi connectivity index (χ2v) is 3.11. The van der Waals surface area contributed by atoms with Crippen LogP contribution < -0.4 is 11.2 Å². The predicted molar refractivity (Wildman–Crippen MR) is 59.8 cm³/mol. The molecule has 2 rings (SSSR count). The van der Waals surface area contributed by atoms with Gasteiger partial charge in [-0.3, -0.25) is 4.99 Å². The van der Waals surface area contributed by atoms with Crippen molar-refractivity contribution in [2.45, 2.75) is 0 Å². The Bertz CT molecular complexity index is 468. The van der Waals surface area contributed by atoms with Crippen LogP contribution in [0.2, 0.25) is 0 Å². The molecule has 1 aromatic carbocycles. The van der Waals surface area contributed by atoms with Gasteiger partial charge >= 0.3 is 6.09 Å². The van der Waals surface area contributed by atoms with Crippen LogP contribution in [0.3, 0.4) is 0 Å². The molecule has 1 aromatic rings. The van der Waals surface area contributed by atoms with E-state index in [1.807, 2.05) is 24.3 Å². The number of benzene rings is 1. The van der Waals surface area contributed by atoms with Crippen LogP contribution in [-0.4, -0.2) is 24.7 Å². The average Bonchev–Trinajstić information content (AvgIpc) is 2.47. The Labute approximate surface area is 91.8 Å². The smallest absolute Gasteiger partial charge is 0.333 e. The van der Waals surface area contributed by atoms with Gasteiger partial charge in [0.15, 0.2) is 5.84 Å². The molecule has 0 fully saturated rings. The molecule has 0 radical (unpaired) electrons. The molecule has 0 unspecified atom stereocenters. The lowest BCUT2D eigenvalue weighted by Gasteiger charge is -2.04. The number of fused-ring (bicyclic) bond motifs is 1. The molecule has 0 bridgehead atoms. The van der Waals surface area contributed by atoms with Crippen molar-refractivity contribution in [2.24, 2.45) is 15.7 Å². The zero-order valence-electron chi connectivity index (χ0n) is 8.38. The summed E-state index contributed by atoms with van der Waals surface area (Å²) < 4.78 is 0. The van der Waals surface area contributed by atoms with E-state index in [-0.39, 0.29) is 0 Å². The van der Waals surface area contributed by atoms with Crippen molar-refractivity contribution < 1.29 is 9.63 Å². The van der Waals surface area contributed by atoms with Crippen molar-refractivity contribution in [3.63, 3.8) is 0 Å². The quantitative estimate of drug-likeness (QED) is 0.629. The molecule has 1 heterocycles. The second-order valence-electron chi connectivity index (χ2n) is 3.11. The SMILES string of the molecule is NC(=O)ONC1=Nc2ccccc2C=NC1. The maximum Gasteiger partial charge on any atom is 0.428 e. The fourth-order valence-electron chi connectivity index (χ4n) is 1.27. The minimum Gasteiger partial charge on any atom is -0.333 e. The summed E-state index contributed by atoms with van der Waals surface area (Å²) in [5.41, 5.74) is 8.87. The van der Waals surface area contributed by atoms with Gasteiger partial charge < -0.3 is 10.6 Å². The van der Waals surface area contributed by atoms with Crippen LogP contribution in [0.5, 0.6) is 0 Å². The van der Waals surface area contributed by atoms with Gasteiger partial charge in [0, 0.05) is 11.8 Å². The van der Waals surface area contributed by atoms with Crippen LogP contribution in [0, 0.1) is 0 Å². The van der Waals surface area contributed by atoms with E-state index in [1.165, 1.54) is 0 Å². The van der Waals surface area contributed by atoms with Crippen LogP contribution in [0.25, 0.3) is 0 Å². The number of rotatable bonds is 0. The summed E-state index contributed by atoms with van der Waals surface area (Å²) >= 11 is 0. The summed E-state index contributed by atoms with van der Waals surface area (Å²) in [4.78, 5) is 23.2. The van der Waals surface area contributed by atoms with Crippen LogP contribution in [0.4, 0.5) is 10.5 Å². The third kappa shape index (κ3) is 2.35. The molecule has 0 aliphatic carbocycles. The van der Waals surface area contributed by atoms with E-state index < -0.39 is 6.09 Å². The Balaban J connectivity index is 2.21. The highest BCUT2D eigenvalue weighted by molar-refractivity contribution is 5.96. The molecule has 0 aromatic heterocycles. The fourth-order valence-corrected chi connectivity index (χ4v) is 1.27. The molecule has 6 heteroatoms. The Kier molecular flexibility index (Phi) is 2.81. The number of nitrogens with two attached hydrogens (primary N) is 1. The number of hydrogen-bond donors (Lipinski definition) is 2. The standard InChI is InChI=1S/C10H10N4O2/c11-10(15)16-14-9-6-12-5-7-3-1-2-4-8(7)13-9/h1-5H,6H2,(H2,11,15)(H,13,14). The van der Waals surface area contributed by atoms with E-state index in [4.69, 9.17) is 5.73 Å². The molecule has 1 aliphatic heterocycles. The molecular formula is C10H10N4O2. The number of nitrogens with one attached hydrogen (secondary N) is 1. The molecule has 1 aliphatic rings. The van der Waals surface area contributed by atoms with Crippen molar-refractivity contribution in [3.05, 3.63) is 29.8 Å². The van der Waals surface area contributed by atoms with Gasteiger partial charge in [-0.15, -0.1) is 0 Å². The zero-order valence-corrected chi connectivity index (χ0v) is 8.38. The van der Waals surface area contributed by atoms with Crippen molar-refractivity contribution in [3.8, 4) is 0 Å². The van der Waals surface area contributed by atoms with Crippen molar-refractivity contribution >= 4 is 23.8 Å². The van der Waals surface area contributed by atoms with Crippen LogP contribution in [0.1, 0.15) is 5.56 Å². The van der Waals surface area contributed by atoms with E-state index >= 15 is 0 Å². The number of carbonyl (C=O) groups is 1. The number of amides is 1. The van der Waals surface area contributed by atoms with Crippen LogP contribution in [-0.2, 0) is 4.84 Å². The minimum absolute atomic E-state index is 0.308. The Hall–Kier alpha value is -2.37. The number of hydroxylamine groups is 1. The summed E-state index contributed by atoms with van der Waals surface area (Å²) in [6.45, 7) is 0.308. The molecule has 1 amide bonds. The number of para-hydroxylation sites is 1. The van der Waals surface area contributed by atoms with Crippen molar-refractivity contribution in [1.29, 1.82) is 0 Å². The molecule has 3 N–H and O–H groups in total. The van der Waals surface area contributed by atoms with Gasteiger partial charge in [0.2, 0.25) is 0 Å². The van der Waals surface area contributed by atoms with Crippen LogP contribution >= 0.6 is 0 Å². The highest BCUT2D eigenvalue weighted by atomic mass is 16.7. The first kappa shape index (κ1) is 10.2. The zero-order chi connectivity index (χ0) is 11.4. The number of hydrogen-bond acceptors (Lipinski definition) is 5. The Morgan fingerprint density at radius 3 is 3.06 bits per heavy atom. The third-order valence-corrected chi connectivity index (χ3v) is 1.93. The van der Waals surface area contributed by atoms with E-state index in [0.717, 1.165) is 11.3 Å². The minimum atomic E-state index is -0.913. The predicted octanol–water partition coefficient (Wildman–Crippen LogP) is 0.749. The first-order chi connectivity index (χ1) is 7.75. The van der Waals surface area contributed by atoms with E-state index in [1.54, 1.807) is 6.21 Å². The molecule has 0 atom stereocenters. The molecule has 82 valence electrons. The third-order valence-electron chi connectivity index (χ3n) is 1.93. The number of nitrogens with zero attached hydrogens (tertiary/aromatic N) is 2. The lowest BCUT2D eigenvalue weighted by molar-refractivity contribution is 0.130. The van der Waals surface area contributed by atoms with E-state index in [9.17, 15) is 4.79 Å². The molecular weight excluding hydrogens is 208 g/mol. The molecule has 0 saturated heterocycles. The van der Waals surface area contributed by atoms with Gasteiger partial charge in [-0.05, 0) is 6.07 Å². The van der Waals surface area contributed by atoms with Gasteiger partial charge in [-0.25, -0.2) is 15.3 Å². The van der Waals surface area contributed by atoms with E-state index in [2.05, 4.69) is 20.3 Å². The lowest BCUT2D eigenvalue weighted by atomic mass is 10.2. The summed E-state index contributed by atoms with van der Waals surface area (Å²) in [5, 5.41) is 0. The highest BCUT2D eigenvalue weighted by Crippen LogP contribution is 2.18. The van der Waals surface area contributed by atoms with Gasteiger partial charge in [0.25, 0.3) is 0 Å². The second kappa shape index (κ2) is 4.43. The number of primary amides is 1. The summed E-state index contributed by atoms with van der Waals surface area (Å²) in [5.74, 6) is 0.431. The maximum absolute atomic E-state index is 10.4. The summed E-state index contributed by atoms with van der Waals surface area (Å²) in [7, 11) is 0. The van der Waals surface area contributed by atoms with Gasteiger partial charge in [-0.2, -0.15) is 0 Å². The Morgan fingerprint density at radius 1 is 1.44 bits per heavy atom. The molecule has 16 heavy (non-hydrogen) atoms. The largest absolute Gasteiger partial charge is 0.428 e. The van der Waals surface area contributed by atoms with E-state index in [0.29, 0.717) is 12.4 Å². The fraction of sp³-hybridized carbons (Fsp3) is 0.100. The highest BCUT2D eigenvalue weighted by Gasteiger charge is 2.06. The van der Waals surface area contributed by atoms with Crippen molar-refractivity contribution in [1.82, 2.24) is 5.48 Å². The maximum atomic E-state index is 10.4. The Morgan fingerprint density at radius 2 is 2.25 bits per heavy atom. The number of carbonyl (C=O) groups excluding carboxylic acids is 1. The number of aliphatic imine (C=N–C) groups is 2. The summed E-state index contributed by atoms with van der Waals surface area (Å²) in [6.07, 6.45) is 0.807. The van der Waals surface area contributed by atoms with Gasteiger partial charge in [0.05, 0.1) is 12.2 Å². The number of amidine groups is 1. The molecule has 0 spiro atoms. The monoisotopic (exact) mass is 218 g/mol. The first-order valence-corrected chi connectivity index (χ1v) is 4.64. The molecule has 0 saturated carbocycles. The average molecular weight is 218 g/mol. The summed E-state index contributed by atoms with van der Waals surface area (Å²) in [6, 6.07) is 7.52. The lowest BCUT2D eigenvalue weighted by Crippen LogP contribution is -2.31. The van der Waals surface area contributed by atoms with Crippen LogP contribution in [0.15, 0.2) is 34.3 Å². The van der Waals surface area contributed by atoms with Gasteiger partial charge in [0.1, 0.15) is 0 Å². The topological polar surface area (TPSA) is 89.1 Å². The molecule has 6 nitrogen and oxygen atoms in total.